The van der Waals surface area contributed by atoms with Crippen molar-refractivity contribution in [2.24, 2.45) is 0 Å². The van der Waals surface area contributed by atoms with E-state index in [0.717, 1.165) is 69.6 Å². The summed E-state index contributed by atoms with van der Waals surface area (Å²) in [6.07, 6.45) is -8.94. The van der Waals surface area contributed by atoms with Gasteiger partial charge in [-0.25, -0.2) is 33.7 Å². The van der Waals surface area contributed by atoms with Crippen molar-refractivity contribution in [2.45, 2.75) is 131 Å². The molecule has 30 heteroatoms. The first-order chi connectivity index (χ1) is 61.2. The quantitative estimate of drug-likeness (QED) is 0.0420. The van der Waals surface area contributed by atoms with E-state index in [-0.39, 0.29) is 67.6 Å². The van der Waals surface area contributed by atoms with Crippen LogP contribution in [0.4, 0.5) is 26.3 Å². The highest BCUT2D eigenvalue weighted by atomic mass is 32.2. The number of alkyl halides is 6. The summed E-state index contributed by atoms with van der Waals surface area (Å²) in [4.78, 5) is 0.945. The monoisotopic (exact) mass is 1890 g/mol. The van der Waals surface area contributed by atoms with E-state index in [1.165, 1.54) is 78.4 Å². The van der Waals surface area contributed by atoms with E-state index in [9.17, 15) is 76.8 Å². The molecular formula is C100H94F6O18S6. The van der Waals surface area contributed by atoms with E-state index in [1.54, 1.807) is 109 Å². The predicted octanol–water partition coefficient (Wildman–Crippen LogP) is 24.5. The van der Waals surface area contributed by atoms with Gasteiger partial charge in [0, 0.05) is 5.41 Å². The van der Waals surface area contributed by atoms with Gasteiger partial charge in [-0.2, -0.15) is 43.2 Å². The number of benzene rings is 14. The lowest BCUT2D eigenvalue weighted by Crippen LogP contribution is -2.54. The van der Waals surface area contributed by atoms with Crippen molar-refractivity contribution in [2.75, 3.05) is 12.5 Å². The Labute approximate surface area is 755 Å². The van der Waals surface area contributed by atoms with Crippen molar-refractivity contribution in [3.63, 3.8) is 0 Å². The lowest BCUT2D eigenvalue weighted by molar-refractivity contribution is -0.288. The zero-order chi connectivity index (χ0) is 95.3. The number of rotatable bonds is 24. The van der Waals surface area contributed by atoms with Gasteiger partial charge in [-0.1, -0.05) is 210 Å². The molecule has 14 aromatic rings. The molecule has 0 saturated carbocycles. The third kappa shape index (κ3) is 26.8. The van der Waals surface area contributed by atoms with E-state index >= 15 is 0 Å². The van der Waals surface area contributed by atoms with Gasteiger partial charge in [0.25, 0.3) is 20.2 Å². The molecule has 14 rings (SSSR count). The molecule has 0 heterocycles. The van der Waals surface area contributed by atoms with Gasteiger partial charge >= 0.3 is 12.4 Å². The van der Waals surface area contributed by atoms with Crippen molar-refractivity contribution in [1.29, 1.82) is 0 Å². The standard InChI is InChI=1S/C47H34F6O6S2.C47H40O6S2.2C2H6.2CH4O3S/c1-32-7-23-41(24-8-32)60(54,55)43-27-19-39(20-28-43)58-37-15-11-35(12-16-37)45(46(48,49)50,47(51,52)53)36-13-17-38(18-14-36)59-40-21-29-44(30-22-40)61(56,57)42-25-9-34(10-26-42)31-33-5-3-2-4-6-33;1-34-9-25-43(26-10-34)54(48,49)45-29-21-41(22-30-45)52-39-17-13-37(14-18-39)47(2,3)38-15-19-40(20-16-38)53-42-23-31-46(32-24-42)55(50,51)44-27-11-36(12-28-44)33-35-7-5-4-6-8-35;2*1-2;2*1-5(2,3)4/h2-30H,31H2,1H3;4-32H,33H2,1-3H3;2*1-2H3;2*1H3,(H,2,3,4). The number of sulfone groups is 4. The summed E-state index contributed by atoms with van der Waals surface area (Å²) in [6, 6.07) is 91.8. The molecule has 0 aliphatic heterocycles. The van der Waals surface area contributed by atoms with Crippen LogP contribution >= 0.6 is 0 Å². The van der Waals surface area contributed by atoms with Crippen LogP contribution in [0.2, 0.25) is 0 Å². The van der Waals surface area contributed by atoms with E-state index in [2.05, 4.69) is 26.0 Å². The highest BCUT2D eigenvalue weighted by Crippen LogP contribution is 2.57. The molecule has 0 fully saturated rings. The Hall–Kier alpha value is -12.5. The van der Waals surface area contributed by atoms with Crippen LogP contribution in [0.5, 0.6) is 46.0 Å². The van der Waals surface area contributed by atoms with Gasteiger partial charge in [0.2, 0.25) is 44.8 Å². The fourth-order valence-corrected chi connectivity index (χ4v) is 18.1. The Kier molecular flexibility index (Phi) is 33.7. The molecule has 0 unspecified atom stereocenters. The molecule has 0 atom stereocenters. The van der Waals surface area contributed by atoms with Crippen molar-refractivity contribution in [3.05, 3.63) is 407 Å². The maximum Gasteiger partial charge on any atom is 0.411 e. The number of halogens is 6. The first-order valence-corrected chi connectivity index (χ1v) is 49.8. The average molecular weight is 1890 g/mol. The van der Waals surface area contributed by atoms with E-state index in [4.69, 9.17) is 28.1 Å². The van der Waals surface area contributed by atoms with Gasteiger partial charge < -0.3 is 18.9 Å². The second-order valence-corrected chi connectivity index (χ2v) is 40.2. The van der Waals surface area contributed by atoms with Gasteiger partial charge in [-0.3, -0.25) is 9.11 Å². The molecule has 0 aromatic heterocycles. The van der Waals surface area contributed by atoms with E-state index < -0.39 is 88.5 Å². The number of aryl methyl sites for hydroxylation is 2. The molecule has 14 aromatic carbocycles. The third-order valence-electron chi connectivity index (χ3n) is 19.7. The molecule has 0 amide bonds. The maximum absolute atomic E-state index is 14.9. The Balaban J connectivity index is 0.000000257. The Morgan fingerprint density at radius 3 is 0.577 bits per heavy atom. The van der Waals surface area contributed by atoms with E-state index in [1.807, 2.05) is 151 Å². The number of hydrogen-bond donors (Lipinski definition) is 2. The molecule has 0 aliphatic carbocycles. The van der Waals surface area contributed by atoms with Gasteiger partial charge in [-0.05, 0) is 265 Å². The van der Waals surface area contributed by atoms with Crippen LogP contribution in [0, 0.1) is 13.8 Å². The molecule has 680 valence electrons. The summed E-state index contributed by atoms with van der Waals surface area (Å²) >= 11 is 0. The fraction of sp³-hybridized carbons (Fsp3) is 0.160. The molecular weight excluding hydrogens is 1800 g/mol. The zero-order valence-corrected chi connectivity index (χ0v) is 76.9. The molecule has 0 bridgehead atoms. The average Bonchev–Trinajstić information content (AvgIpc) is 0.714. The summed E-state index contributed by atoms with van der Waals surface area (Å²) in [5.41, 5.74) is 1.17. The van der Waals surface area contributed by atoms with E-state index in [0.29, 0.717) is 66.2 Å². The largest absolute Gasteiger partial charge is 0.457 e. The summed E-state index contributed by atoms with van der Waals surface area (Å²) < 4.78 is 270. The fourth-order valence-electron chi connectivity index (χ4n) is 13.1. The lowest BCUT2D eigenvalue weighted by Gasteiger charge is -2.38. The van der Waals surface area contributed by atoms with Crippen LogP contribution in [0.25, 0.3) is 0 Å². The second kappa shape index (κ2) is 43.3. The summed E-state index contributed by atoms with van der Waals surface area (Å²) in [6.45, 7) is 16.0. The molecule has 0 aliphatic rings. The minimum atomic E-state index is -5.86. The first kappa shape index (κ1) is 101. The van der Waals surface area contributed by atoms with Crippen LogP contribution in [0.15, 0.2) is 391 Å². The topological polar surface area (TPSA) is 282 Å². The second-order valence-electron chi connectivity index (χ2n) is 29.5. The van der Waals surface area contributed by atoms with Crippen molar-refractivity contribution in [1.82, 2.24) is 0 Å². The molecule has 0 spiro atoms. The van der Waals surface area contributed by atoms with Gasteiger partial charge in [0.05, 0.1) is 51.7 Å². The van der Waals surface area contributed by atoms with Crippen LogP contribution < -0.4 is 18.9 Å². The van der Waals surface area contributed by atoms with Gasteiger partial charge in [0.1, 0.15) is 46.0 Å². The molecule has 0 radical (unpaired) electrons. The van der Waals surface area contributed by atoms with Crippen LogP contribution in [-0.4, -0.2) is 84.5 Å². The number of ether oxygens (including phenoxy) is 4. The molecule has 2 N–H and O–H groups in total. The van der Waals surface area contributed by atoms with Crippen molar-refractivity contribution < 1.29 is 105 Å². The minimum Gasteiger partial charge on any atom is -0.457 e. The smallest absolute Gasteiger partial charge is 0.411 e. The summed E-state index contributed by atoms with van der Waals surface area (Å²) in [7, 11) is -22.4. The summed E-state index contributed by atoms with van der Waals surface area (Å²) in [5, 5.41) is 0. The normalized spacial score (nSPS) is 11.9. The van der Waals surface area contributed by atoms with Gasteiger partial charge in [-0.15, -0.1) is 0 Å². The summed E-state index contributed by atoms with van der Waals surface area (Å²) in [5.74, 6) is 2.29. The third-order valence-corrected chi connectivity index (χ3v) is 26.8. The Bertz CT molecular complexity index is 6730. The molecule has 18 nitrogen and oxygen atoms in total. The van der Waals surface area contributed by atoms with Crippen LogP contribution in [-0.2, 0) is 83.3 Å². The predicted molar refractivity (Wildman–Crippen MR) is 490 cm³/mol. The number of hydrogen-bond acceptors (Lipinski definition) is 16. The van der Waals surface area contributed by atoms with Crippen LogP contribution in [0.3, 0.4) is 0 Å². The SMILES string of the molecule is CC.CC.CS(=O)(=O)O.CS(=O)(=O)O.Cc1ccc(S(=O)(=O)c2ccc(Oc3ccc(C(C)(C)c4ccc(Oc5ccc(S(=O)(=O)c6ccc(Cc7ccccc7)cc6)cc5)cc4)cc3)cc2)cc1.Cc1ccc(S(=O)(=O)c2ccc(Oc3ccc(C(c4ccc(Oc5ccc(S(=O)(=O)c6ccc(Cc7ccccc7)cc6)cc5)cc4)(C(F)(F)F)C(F)(F)F)cc3)cc2)cc1. The molecule has 0 saturated heterocycles. The highest BCUT2D eigenvalue weighted by molar-refractivity contribution is 7.92. The first-order valence-electron chi connectivity index (χ1n) is 40.2. The minimum absolute atomic E-state index is 0.0450. The lowest BCUT2D eigenvalue weighted by atomic mass is 9.73. The van der Waals surface area contributed by atoms with Gasteiger partial charge in [0.15, 0.2) is 0 Å². The van der Waals surface area contributed by atoms with Crippen LogP contribution in [0.1, 0.15) is 97.2 Å². The zero-order valence-electron chi connectivity index (χ0n) is 72.0. The molecule has 130 heavy (non-hydrogen) atoms. The van der Waals surface area contributed by atoms with Crippen molar-refractivity contribution in [3.8, 4) is 46.0 Å². The Morgan fingerprint density at radius 1 is 0.238 bits per heavy atom. The Morgan fingerprint density at radius 2 is 0.392 bits per heavy atom. The highest BCUT2D eigenvalue weighted by Gasteiger charge is 2.72. The van der Waals surface area contributed by atoms with Crippen molar-refractivity contribution >= 4 is 59.6 Å². The maximum atomic E-state index is 14.9.